The van der Waals surface area contributed by atoms with Gasteiger partial charge in [0.15, 0.2) is 0 Å². The maximum Gasteiger partial charge on any atom is 0.236 e. The van der Waals surface area contributed by atoms with Crippen LogP contribution in [-0.4, -0.2) is 75.1 Å². The molecule has 1 aliphatic heterocycles. The molecule has 1 rings (SSSR count). The molecule has 0 radical (unpaired) electrons. The molecule has 6 nitrogen and oxygen atoms in total. The van der Waals surface area contributed by atoms with Gasteiger partial charge in [0.2, 0.25) is 11.8 Å². The minimum Gasteiger partial charge on any atom is -0.385 e. The second-order valence-corrected chi connectivity index (χ2v) is 6.02. The summed E-state index contributed by atoms with van der Waals surface area (Å²) in [6.07, 6.45) is 6.70. The number of nitrogens with zero attached hydrogens (tertiary/aromatic N) is 2. The van der Waals surface area contributed by atoms with Crippen LogP contribution < -0.4 is 5.32 Å². The van der Waals surface area contributed by atoms with Gasteiger partial charge in [0.25, 0.3) is 0 Å². The lowest BCUT2D eigenvalue weighted by Crippen LogP contribution is -2.43. The lowest BCUT2D eigenvalue weighted by atomic mass is 10.1. The minimum atomic E-state index is -0.0425. The number of likely N-dealkylation sites (tertiary alicyclic amines) is 1. The monoisotopic (exact) mass is 313 g/mol. The van der Waals surface area contributed by atoms with Crippen LogP contribution in [0.1, 0.15) is 38.5 Å². The molecule has 0 aromatic rings. The highest BCUT2D eigenvalue weighted by Crippen LogP contribution is 2.10. The molecule has 0 aromatic heterocycles. The molecule has 1 heterocycles. The first-order valence-corrected chi connectivity index (χ1v) is 8.35. The fourth-order valence-electron chi connectivity index (χ4n) is 2.63. The Bertz CT molecular complexity index is 329. The van der Waals surface area contributed by atoms with Gasteiger partial charge in [-0.3, -0.25) is 14.5 Å². The Balaban J connectivity index is 2.22. The third-order valence-corrected chi connectivity index (χ3v) is 3.87. The number of ether oxygens (including phenoxy) is 1. The second-order valence-electron chi connectivity index (χ2n) is 6.02. The van der Waals surface area contributed by atoms with Gasteiger partial charge >= 0.3 is 0 Å². The SMILES string of the molecule is COCCCNC(=O)CN(C)CC(=O)N1CCCCCCC1. The first-order valence-electron chi connectivity index (χ1n) is 8.35. The van der Waals surface area contributed by atoms with Crippen LogP contribution in [0, 0.1) is 0 Å². The van der Waals surface area contributed by atoms with E-state index in [-0.39, 0.29) is 18.4 Å². The van der Waals surface area contributed by atoms with Crippen LogP contribution in [0.2, 0.25) is 0 Å². The van der Waals surface area contributed by atoms with E-state index in [1.165, 1.54) is 19.3 Å². The molecule has 0 bridgehead atoms. The van der Waals surface area contributed by atoms with Crippen LogP contribution in [-0.2, 0) is 14.3 Å². The van der Waals surface area contributed by atoms with Crippen molar-refractivity contribution in [3.63, 3.8) is 0 Å². The molecule has 0 aliphatic carbocycles. The Morgan fingerprint density at radius 3 is 2.36 bits per heavy atom. The smallest absolute Gasteiger partial charge is 0.236 e. The van der Waals surface area contributed by atoms with E-state index in [0.29, 0.717) is 19.7 Å². The Morgan fingerprint density at radius 1 is 1.09 bits per heavy atom. The van der Waals surface area contributed by atoms with Crippen LogP contribution in [0.5, 0.6) is 0 Å². The van der Waals surface area contributed by atoms with Gasteiger partial charge in [-0.2, -0.15) is 0 Å². The molecule has 0 unspecified atom stereocenters. The van der Waals surface area contributed by atoms with Gasteiger partial charge in [-0.15, -0.1) is 0 Å². The van der Waals surface area contributed by atoms with Gasteiger partial charge in [-0.1, -0.05) is 19.3 Å². The molecule has 0 atom stereocenters. The predicted octanol–water partition coefficient (Wildman–Crippen LogP) is 0.864. The fourth-order valence-corrected chi connectivity index (χ4v) is 2.63. The van der Waals surface area contributed by atoms with E-state index in [4.69, 9.17) is 4.74 Å². The summed E-state index contributed by atoms with van der Waals surface area (Å²) in [5.41, 5.74) is 0. The van der Waals surface area contributed by atoms with Crippen LogP contribution in [0.4, 0.5) is 0 Å². The van der Waals surface area contributed by atoms with Crippen molar-refractivity contribution in [1.82, 2.24) is 15.1 Å². The highest BCUT2D eigenvalue weighted by molar-refractivity contribution is 5.81. The predicted molar refractivity (Wildman–Crippen MR) is 86.7 cm³/mol. The van der Waals surface area contributed by atoms with Gasteiger partial charge in [0.1, 0.15) is 0 Å². The summed E-state index contributed by atoms with van der Waals surface area (Å²) in [6, 6.07) is 0. The number of hydrogen-bond donors (Lipinski definition) is 1. The maximum absolute atomic E-state index is 12.3. The van der Waals surface area contributed by atoms with Gasteiger partial charge < -0.3 is 15.0 Å². The summed E-state index contributed by atoms with van der Waals surface area (Å²) in [7, 11) is 3.46. The molecule has 1 aliphatic rings. The number of amides is 2. The summed E-state index contributed by atoms with van der Waals surface area (Å²) in [6.45, 7) is 3.54. The molecule has 0 spiro atoms. The van der Waals surface area contributed by atoms with Crippen LogP contribution in [0.3, 0.4) is 0 Å². The zero-order valence-electron chi connectivity index (χ0n) is 14.1. The van der Waals surface area contributed by atoms with Gasteiger partial charge in [-0.05, 0) is 26.3 Å². The normalized spacial score (nSPS) is 16.2. The molecular weight excluding hydrogens is 282 g/mol. The quantitative estimate of drug-likeness (QED) is 0.675. The average Bonchev–Trinajstić information content (AvgIpc) is 2.42. The van der Waals surface area contributed by atoms with Gasteiger partial charge in [0, 0.05) is 33.4 Å². The zero-order chi connectivity index (χ0) is 16.2. The minimum absolute atomic E-state index is 0.0425. The largest absolute Gasteiger partial charge is 0.385 e. The fraction of sp³-hybridized carbons (Fsp3) is 0.875. The molecule has 1 N–H and O–H groups in total. The number of methoxy groups -OCH3 is 1. The molecule has 2 amide bonds. The average molecular weight is 313 g/mol. The number of carbonyl (C=O) groups is 2. The van der Waals surface area contributed by atoms with E-state index >= 15 is 0 Å². The highest BCUT2D eigenvalue weighted by atomic mass is 16.5. The topological polar surface area (TPSA) is 61.9 Å². The summed E-state index contributed by atoms with van der Waals surface area (Å²) in [5, 5.41) is 2.83. The van der Waals surface area contributed by atoms with E-state index in [9.17, 15) is 9.59 Å². The Labute approximate surface area is 134 Å². The molecule has 6 heteroatoms. The molecular formula is C16H31N3O3. The molecule has 0 saturated carbocycles. The van der Waals surface area contributed by atoms with Crippen molar-refractivity contribution in [3.8, 4) is 0 Å². The molecule has 1 saturated heterocycles. The number of hydrogen-bond acceptors (Lipinski definition) is 4. The zero-order valence-corrected chi connectivity index (χ0v) is 14.1. The van der Waals surface area contributed by atoms with E-state index < -0.39 is 0 Å². The number of nitrogens with one attached hydrogen (secondary N) is 1. The Kier molecular flexibility index (Phi) is 9.82. The number of carbonyl (C=O) groups excluding carboxylic acids is 2. The lowest BCUT2D eigenvalue weighted by molar-refractivity contribution is -0.133. The van der Waals surface area contributed by atoms with E-state index in [2.05, 4.69) is 5.32 Å². The second kappa shape index (κ2) is 11.4. The van der Waals surface area contributed by atoms with E-state index in [1.54, 1.807) is 12.0 Å². The van der Waals surface area contributed by atoms with E-state index in [0.717, 1.165) is 32.4 Å². The van der Waals surface area contributed by atoms with Crippen molar-refractivity contribution in [2.75, 3.05) is 53.5 Å². The Hall–Kier alpha value is -1.14. The van der Waals surface area contributed by atoms with Gasteiger partial charge in [-0.25, -0.2) is 0 Å². The van der Waals surface area contributed by atoms with Crippen LogP contribution >= 0.6 is 0 Å². The van der Waals surface area contributed by atoms with Crippen molar-refractivity contribution >= 4 is 11.8 Å². The van der Waals surface area contributed by atoms with E-state index in [1.807, 2.05) is 11.9 Å². The standard InChI is InChI=1S/C16H31N3O3/c1-18(13-15(20)17-9-8-12-22-2)14-16(21)19-10-6-4-3-5-7-11-19/h3-14H2,1-2H3,(H,17,20). The molecule has 128 valence electrons. The Morgan fingerprint density at radius 2 is 1.73 bits per heavy atom. The first-order chi connectivity index (χ1) is 10.6. The van der Waals surface area contributed by atoms with Crippen LogP contribution in [0.15, 0.2) is 0 Å². The van der Waals surface area contributed by atoms with Crippen molar-refractivity contribution in [2.45, 2.75) is 38.5 Å². The lowest BCUT2D eigenvalue weighted by Gasteiger charge is -2.27. The molecule has 0 aromatic carbocycles. The summed E-state index contributed by atoms with van der Waals surface area (Å²) >= 11 is 0. The summed E-state index contributed by atoms with van der Waals surface area (Å²) < 4.78 is 4.93. The highest BCUT2D eigenvalue weighted by Gasteiger charge is 2.17. The number of rotatable bonds is 8. The van der Waals surface area contributed by atoms with Crippen molar-refractivity contribution in [1.29, 1.82) is 0 Å². The molecule has 22 heavy (non-hydrogen) atoms. The number of likely N-dealkylation sites (N-methyl/N-ethyl adjacent to an activating group) is 1. The van der Waals surface area contributed by atoms with Crippen molar-refractivity contribution in [3.05, 3.63) is 0 Å². The van der Waals surface area contributed by atoms with Crippen molar-refractivity contribution < 1.29 is 14.3 Å². The maximum atomic E-state index is 12.3. The van der Waals surface area contributed by atoms with Crippen molar-refractivity contribution in [2.24, 2.45) is 0 Å². The third kappa shape index (κ3) is 8.34. The third-order valence-electron chi connectivity index (χ3n) is 3.87. The van der Waals surface area contributed by atoms with Gasteiger partial charge in [0.05, 0.1) is 13.1 Å². The summed E-state index contributed by atoms with van der Waals surface area (Å²) in [4.78, 5) is 27.8. The molecule has 1 fully saturated rings. The first kappa shape index (κ1) is 18.9. The van der Waals surface area contributed by atoms with Crippen LogP contribution in [0.25, 0.3) is 0 Å². The summed E-state index contributed by atoms with van der Waals surface area (Å²) in [5.74, 6) is 0.0932.